The number of aryl methyl sites for hydroxylation is 3. The standard InChI is InChI=1S/C23H18FN3O3S/c1-4-17-25-26-23(31-17)27-19(13-6-5-7-14(24)10-13)18-20(28)15-8-11(2)12(3)9-16(15)30-21(18)22(27)29/h5-10,19H,4H2,1-3H3. The Hall–Kier alpha value is -3.39. The summed E-state index contributed by atoms with van der Waals surface area (Å²) in [4.78, 5) is 28.4. The van der Waals surface area contributed by atoms with Gasteiger partial charge < -0.3 is 4.42 Å². The van der Waals surface area contributed by atoms with Crippen molar-refractivity contribution in [1.29, 1.82) is 0 Å². The number of rotatable bonds is 3. The Morgan fingerprint density at radius 1 is 1.13 bits per heavy atom. The maximum absolute atomic E-state index is 14.1. The van der Waals surface area contributed by atoms with E-state index in [1.807, 2.05) is 20.8 Å². The van der Waals surface area contributed by atoms with E-state index in [0.29, 0.717) is 28.1 Å². The summed E-state index contributed by atoms with van der Waals surface area (Å²) >= 11 is 1.27. The number of anilines is 1. The molecule has 0 saturated carbocycles. The summed E-state index contributed by atoms with van der Waals surface area (Å²) in [6, 6.07) is 8.57. The van der Waals surface area contributed by atoms with Gasteiger partial charge in [-0.1, -0.05) is 30.4 Å². The van der Waals surface area contributed by atoms with Crippen molar-refractivity contribution in [2.75, 3.05) is 4.90 Å². The van der Waals surface area contributed by atoms with Gasteiger partial charge in [0.1, 0.15) is 16.4 Å². The number of benzene rings is 2. The summed E-state index contributed by atoms with van der Waals surface area (Å²) in [5.74, 6) is -0.981. The van der Waals surface area contributed by atoms with Crippen LogP contribution in [0.15, 0.2) is 45.6 Å². The highest BCUT2D eigenvalue weighted by molar-refractivity contribution is 7.15. The predicted molar refractivity (Wildman–Crippen MR) is 116 cm³/mol. The van der Waals surface area contributed by atoms with E-state index < -0.39 is 17.8 Å². The molecule has 156 valence electrons. The summed E-state index contributed by atoms with van der Waals surface area (Å²) in [5, 5.41) is 9.77. The molecule has 0 radical (unpaired) electrons. The van der Waals surface area contributed by atoms with Crippen LogP contribution in [-0.2, 0) is 6.42 Å². The van der Waals surface area contributed by atoms with E-state index in [9.17, 15) is 14.0 Å². The van der Waals surface area contributed by atoms with Crippen LogP contribution in [-0.4, -0.2) is 16.1 Å². The third-order valence-corrected chi connectivity index (χ3v) is 6.68. The Balaban J connectivity index is 1.82. The Morgan fingerprint density at radius 2 is 1.90 bits per heavy atom. The van der Waals surface area contributed by atoms with E-state index in [1.54, 1.807) is 24.3 Å². The number of hydrogen-bond donors (Lipinski definition) is 0. The number of amides is 1. The Kier molecular flexibility index (Phi) is 4.48. The van der Waals surface area contributed by atoms with Gasteiger partial charge in [0, 0.05) is 0 Å². The lowest BCUT2D eigenvalue weighted by Crippen LogP contribution is -2.29. The minimum Gasteiger partial charge on any atom is -0.450 e. The molecule has 3 heterocycles. The summed E-state index contributed by atoms with van der Waals surface area (Å²) in [5.41, 5.74) is 2.61. The fourth-order valence-electron chi connectivity index (χ4n) is 3.90. The molecule has 2 aromatic heterocycles. The molecule has 2 aromatic carbocycles. The monoisotopic (exact) mass is 435 g/mol. The van der Waals surface area contributed by atoms with Crippen molar-refractivity contribution >= 4 is 33.3 Å². The molecule has 1 atom stereocenters. The van der Waals surface area contributed by atoms with E-state index in [-0.39, 0.29) is 16.8 Å². The summed E-state index contributed by atoms with van der Waals surface area (Å²) < 4.78 is 20.1. The maximum Gasteiger partial charge on any atom is 0.297 e. The fourth-order valence-corrected chi connectivity index (χ4v) is 4.71. The summed E-state index contributed by atoms with van der Waals surface area (Å²) in [7, 11) is 0. The molecule has 5 rings (SSSR count). The van der Waals surface area contributed by atoms with Gasteiger partial charge in [0.05, 0.1) is 17.0 Å². The Bertz CT molecular complexity index is 1430. The van der Waals surface area contributed by atoms with Crippen LogP contribution in [0.4, 0.5) is 9.52 Å². The molecule has 0 bridgehead atoms. The zero-order valence-electron chi connectivity index (χ0n) is 17.1. The molecule has 0 aliphatic carbocycles. The molecule has 1 aliphatic rings. The highest BCUT2D eigenvalue weighted by Gasteiger charge is 2.45. The SMILES string of the molecule is CCc1nnc(N2C(=O)c3oc4cc(C)c(C)cc4c(=O)c3C2c2cccc(F)c2)s1. The molecule has 31 heavy (non-hydrogen) atoms. The lowest BCUT2D eigenvalue weighted by atomic mass is 9.97. The van der Waals surface area contributed by atoms with Crippen molar-refractivity contribution in [2.45, 2.75) is 33.2 Å². The van der Waals surface area contributed by atoms with E-state index >= 15 is 0 Å². The van der Waals surface area contributed by atoms with Gasteiger partial charge in [-0.15, -0.1) is 10.2 Å². The van der Waals surface area contributed by atoms with Crippen LogP contribution in [0.2, 0.25) is 0 Å². The van der Waals surface area contributed by atoms with Crippen molar-refractivity contribution < 1.29 is 13.6 Å². The number of hydrogen-bond acceptors (Lipinski definition) is 6. The molecule has 1 unspecified atom stereocenters. The lowest BCUT2D eigenvalue weighted by molar-refractivity contribution is 0.0970. The fraction of sp³-hybridized carbons (Fsp3) is 0.217. The quantitative estimate of drug-likeness (QED) is 0.466. The van der Waals surface area contributed by atoms with Crippen molar-refractivity contribution in [3.63, 3.8) is 0 Å². The first-order valence-electron chi connectivity index (χ1n) is 9.88. The molecular formula is C23H18FN3O3S. The van der Waals surface area contributed by atoms with Gasteiger partial charge in [-0.3, -0.25) is 14.5 Å². The van der Waals surface area contributed by atoms with Crippen molar-refractivity contribution in [3.8, 4) is 0 Å². The van der Waals surface area contributed by atoms with Crippen molar-refractivity contribution in [3.05, 3.63) is 85.5 Å². The highest BCUT2D eigenvalue weighted by Crippen LogP contribution is 2.42. The molecule has 6 nitrogen and oxygen atoms in total. The maximum atomic E-state index is 14.1. The lowest BCUT2D eigenvalue weighted by Gasteiger charge is -2.22. The third-order valence-electron chi connectivity index (χ3n) is 5.62. The smallest absolute Gasteiger partial charge is 0.297 e. The summed E-state index contributed by atoms with van der Waals surface area (Å²) in [6.07, 6.45) is 0.664. The largest absolute Gasteiger partial charge is 0.450 e. The first kappa shape index (κ1) is 19.6. The minimum atomic E-state index is -0.849. The van der Waals surface area contributed by atoms with Crippen LogP contribution in [0.3, 0.4) is 0 Å². The number of aromatic nitrogens is 2. The average molecular weight is 435 g/mol. The van der Waals surface area contributed by atoms with E-state index in [1.165, 1.54) is 28.4 Å². The van der Waals surface area contributed by atoms with Crippen LogP contribution in [0.1, 0.15) is 50.8 Å². The van der Waals surface area contributed by atoms with Gasteiger partial charge in [0.2, 0.25) is 10.9 Å². The first-order valence-corrected chi connectivity index (χ1v) is 10.7. The van der Waals surface area contributed by atoms with Crippen LogP contribution < -0.4 is 10.3 Å². The molecular weight excluding hydrogens is 417 g/mol. The van der Waals surface area contributed by atoms with Gasteiger partial charge in [0.15, 0.2) is 5.43 Å². The minimum absolute atomic E-state index is 0.0386. The first-order chi connectivity index (χ1) is 14.9. The van der Waals surface area contributed by atoms with Crippen LogP contribution in [0.5, 0.6) is 0 Å². The van der Waals surface area contributed by atoms with Crippen LogP contribution >= 0.6 is 11.3 Å². The molecule has 4 aromatic rings. The Labute approximate surface area is 181 Å². The van der Waals surface area contributed by atoms with Crippen LogP contribution in [0.25, 0.3) is 11.0 Å². The highest BCUT2D eigenvalue weighted by atomic mass is 32.1. The normalized spacial score (nSPS) is 15.7. The molecule has 0 fully saturated rings. The molecule has 0 N–H and O–H groups in total. The summed E-state index contributed by atoms with van der Waals surface area (Å²) in [6.45, 7) is 5.77. The number of nitrogens with zero attached hydrogens (tertiary/aromatic N) is 3. The second kappa shape index (κ2) is 7.09. The van der Waals surface area contributed by atoms with Gasteiger partial charge in [-0.05, 0) is 61.2 Å². The number of fused-ring (bicyclic) bond motifs is 2. The van der Waals surface area contributed by atoms with Crippen molar-refractivity contribution in [1.82, 2.24) is 10.2 Å². The number of carbonyl (C=O) groups excluding carboxylic acids is 1. The molecule has 1 aliphatic heterocycles. The third kappa shape index (κ3) is 2.97. The second-order valence-electron chi connectivity index (χ2n) is 7.57. The molecule has 0 spiro atoms. The van der Waals surface area contributed by atoms with Crippen LogP contribution in [0, 0.1) is 19.7 Å². The zero-order chi connectivity index (χ0) is 21.9. The predicted octanol–water partition coefficient (Wildman–Crippen LogP) is 4.71. The van der Waals surface area contributed by atoms with Gasteiger partial charge in [-0.2, -0.15) is 0 Å². The molecule has 8 heteroatoms. The molecule has 0 saturated heterocycles. The average Bonchev–Trinajstić information content (AvgIpc) is 3.32. The van der Waals surface area contributed by atoms with Crippen molar-refractivity contribution in [2.24, 2.45) is 0 Å². The number of halogens is 1. The zero-order valence-corrected chi connectivity index (χ0v) is 17.9. The van der Waals surface area contributed by atoms with E-state index in [4.69, 9.17) is 4.42 Å². The van der Waals surface area contributed by atoms with Gasteiger partial charge >= 0.3 is 0 Å². The topological polar surface area (TPSA) is 76.3 Å². The number of carbonyl (C=O) groups is 1. The van der Waals surface area contributed by atoms with E-state index in [2.05, 4.69) is 10.2 Å². The Morgan fingerprint density at radius 3 is 2.61 bits per heavy atom. The van der Waals surface area contributed by atoms with E-state index in [0.717, 1.165) is 16.1 Å². The van der Waals surface area contributed by atoms with Gasteiger partial charge in [0.25, 0.3) is 5.91 Å². The van der Waals surface area contributed by atoms with Gasteiger partial charge in [-0.25, -0.2) is 4.39 Å². The molecule has 1 amide bonds. The second-order valence-corrected chi connectivity index (χ2v) is 8.61.